The van der Waals surface area contributed by atoms with Crippen LogP contribution in [0.15, 0.2) is 12.1 Å². The first kappa shape index (κ1) is 15.0. The van der Waals surface area contributed by atoms with Crippen LogP contribution in [0.3, 0.4) is 0 Å². The average molecular weight is 307 g/mol. The Hall–Kier alpha value is -0.910. The second kappa shape index (κ2) is 6.07. The van der Waals surface area contributed by atoms with Gasteiger partial charge in [0.25, 0.3) is 0 Å². The fraction of sp³-hybridized carbons (Fsp3) is 0.688. The summed E-state index contributed by atoms with van der Waals surface area (Å²) in [5.41, 5.74) is 0. The Morgan fingerprint density at radius 1 is 1.43 bits per heavy atom. The maximum atomic E-state index is 12.7. The van der Waals surface area contributed by atoms with Crippen LogP contribution in [0.25, 0.3) is 0 Å². The molecule has 3 atom stereocenters. The van der Waals surface area contributed by atoms with Crippen molar-refractivity contribution in [1.29, 1.82) is 0 Å². The van der Waals surface area contributed by atoms with Crippen LogP contribution in [0.2, 0.25) is 0 Å². The molecule has 0 saturated carbocycles. The number of nitrogens with one attached hydrogen (secondary N) is 1. The number of thiophene rings is 1. The Kier molecular flexibility index (Phi) is 4.33. The lowest BCUT2D eigenvalue weighted by Crippen LogP contribution is -2.35. The standard InChI is InChI=1S/C16H25N3OS/c1-4-13-16(20)19(10-12-7-8-18(3)9-12)15(17-13)14-6-5-11(2)21-14/h5-6,12-13,15,17H,4,7-10H2,1-3H3. The molecule has 116 valence electrons. The third kappa shape index (κ3) is 3.00. The number of likely N-dealkylation sites (tertiary alicyclic amines) is 1. The van der Waals surface area contributed by atoms with E-state index in [0.717, 1.165) is 26.1 Å². The normalized spacial score (nSPS) is 30.5. The molecule has 2 aliphatic rings. The summed E-state index contributed by atoms with van der Waals surface area (Å²) in [6.07, 6.45) is 2.14. The fourth-order valence-corrected chi connectivity index (χ4v) is 4.41. The summed E-state index contributed by atoms with van der Waals surface area (Å²) in [7, 11) is 2.17. The lowest BCUT2D eigenvalue weighted by molar-refractivity contribution is -0.130. The molecule has 0 radical (unpaired) electrons. The van der Waals surface area contributed by atoms with Crippen LogP contribution in [0, 0.1) is 12.8 Å². The van der Waals surface area contributed by atoms with Crippen molar-refractivity contribution in [1.82, 2.24) is 15.1 Å². The van der Waals surface area contributed by atoms with Gasteiger partial charge in [0, 0.05) is 22.8 Å². The van der Waals surface area contributed by atoms with E-state index in [4.69, 9.17) is 0 Å². The van der Waals surface area contributed by atoms with Gasteiger partial charge in [-0.25, -0.2) is 0 Å². The molecule has 0 aliphatic carbocycles. The molecule has 4 nitrogen and oxygen atoms in total. The molecular formula is C16H25N3OS. The van der Waals surface area contributed by atoms with Gasteiger partial charge in [-0.3, -0.25) is 10.1 Å². The monoisotopic (exact) mass is 307 g/mol. The number of rotatable bonds is 4. The molecule has 5 heteroatoms. The van der Waals surface area contributed by atoms with Gasteiger partial charge in [0.05, 0.1) is 6.04 Å². The Labute approximate surface area is 131 Å². The van der Waals surface area contributed by atoms with Crippen molar-refractivity contribution >= 4 is 17.2 Å². The van der Waals surface area contributed by atoms with Crippen molar-refractivity contribution in [2.45, 2.75) is 38.9 Å². The van der Waals surface area contributed by atoms with Gasteiger partial charge in [0.1, 0.15) is 6.17 Å². The van der Waals surface area contributed by atoms with Gasteiger partial charge >= 0.3 is 0 Å². The Bertz CT molecular complexity index is 515. The summed E-state index contributed by atoms with van der Waals surface area (Å²) in [6.45, 7) is 7.35. The highest BCUT2D eigenvalue weighted by molar-refractivity contribution is 7.12. The number of nitrogens with zero attached hydrogens (tertiary/aromatic N) is 2. The van der Waals surface area contributed by atoms with Gasteiger partial charge < -0.3 is 9.80 Å². The fourth-order valence-electron chi connectivity index (χ4n) is 3.46. The van der Waals surface area contributed by atoms with E-state index in [1.165, 1.54) is 16.2 Å². The molecule has 1 amide bonds. The smallest absolute Gasteiger partial charge is 0.241 e. The van der Waals surface area contributed by atoms with Crippen LogP contribution >= 0.6 is 11.3 Å². The highest BCUT2D eigenvalue weighted by Gasteiger charge is 2.40. The predicted molar refractivity (Wildman–Crippen MR) is 86.3 cm³/mol. The van der Waals surface area contributed by atoms with E-state index in [9.17, 15) is 4.79 Å². The molecular weight excluding hydrogens is 282 g/mol. The molecule has 0 bridgehead atoms. The third-order valence-corrected chi connectivity index (χ3v) is 5.69. The zero-order valence-electron chi connectivity index (χ0n) is 13.1. The maximum absolute atomic E-state index is 12.7. The van der Waals surface area contributed by atoms with Crippen LogP contribution < -0.4 is 5.32 Å². The molecule has 21 heavy (non-hydrogen) atoms. The minimum atomic E-state index is -0.0171. The predicted octanol–water partition coefficient (Wildman–Crippen LogP) is 2.22. The van der Waals surface area contributed by atoms with Crippen LogP contribution in [0.1, 0.15) is 35.7 Å². The summed E-state index contributed by atoms with van der Waals surface area (Å²) >= 11 is 1.79. The zero-order chi connectivity index (χ0) is 15.0. The molecule has 3 unspecified atom stereocenters. The van der Waals surface area contributed by atoms with Crippen LogP contribution in [0.4, 0.5) is 0 Å². The van der Waals surface area contributed by atoms with Gasteiger partial charge in [-0.1, -0.05) is 6.92 Å². The maximum Gasteiger partial charge on any atom is 0.241 e. The van der Waals surface area contributed by atoms with Crippen LogP contribution in [-0.4, -0.2) is 48.4 Å². The summed E-state index contributed by atoms with van der Waals surface area (Å²) < 4.78 is 0. The number of carbonyl (C=O) groups excluding carboxylic acids is 1. The Morgan fingerprint density at radius 3 is 2.81 bits per heavy atom. The van der Waals surface area contributed by atoms with E-state index in [2.05, 4.69) is 48.1 Å². The first-order chi connectivity index (χ1) is 10.1. The van der Waals surface area contributed by atoms with E-state index in [1.807, 2.05) is 0 Å². The van der Waals surface area contributed by atoms with E-state index < -0.39 is 0 Å². The molecule has 1 aromatic rings. The minimum Gasteiger partial charge on any atom is -0.320 e. The first-order valence-electron chi connectivity index (χ1n) is 7.90. The highest BCUT2D eigenvalue weighted by atomic mass is 32.1. The first-order valence-corrected chi connectivity index (χ1v) is 8.71. The second-order valence-electron chi connectivity index (χ2n) is 6.39. The molecule has 2 fully saturated rings. The number of aryl methyl sites for hydroxylation is 1. The van der Waals surface area contributed by atoms with E-state index in [-0.39, 0.29) is 18.1 Å². The summed E-state index contributed by atoms with van der Waals surface area (Å²) in [4.78, 5) is 19.7. The van der Waals surface area contributed by atoms with E-state index >= 15 is 0 Å². The third-order valence-electron chi connectivity index (χ3n) is 4.63. The Morgan fingerprint density at radius 2 is 2.24 bits per heavy atom. The van der Waals surface area contributed by atoms with Crippen molar-refractivity contribution in [3.63, 3.8) is 0 Å². The van der Waals surface area contributed by atoms with Crippen molar-refractivity contribution < 1.29 is 4.79 Å². The van der Waals surface area contributed by atoms with Gasteiger partial charge in [-0.05, 0) is 51.4 Å². The summed E-state index contributed by atoms with van der Waals surface area (Å²) in [6, 6.07) is 4.29. The Balaban J connectivity index is 1.77. The molecule has 0 spiro atoms. The van der Waals surface area contributed by atoms with Gasteiger partial charge in [-0.15, -0.1) is 11.3 Å². The highest BCUT2D eigenvalue weighted by Crippen LogP contribution is 2.32. The molecule has 1 aromatic heterocycles. The SMILES string of the molecule is CCC1NC(c2ccc(C)s2)N(CC2CCN(C)C2)C1=O. The molecule has 3 rings (SSSR count). The number of hydrogen-bond acceptors (Lipinski definition) is 4. The van der Waals surface area contributed by atoms with E-state index in [0.29, 0.717) is 5.92 Å². The number of hydrogen-bond donors (Lipinski definition) is 1. The van der Waals surface area contributed by atoms with Crippen molar-refractivity contribution in [3.05, 3.63) is 21.9 Å². The molecule has 2 saturated heterocycles. The zero-order valence-corrected chi connectivity index (χ0v) is 13.9. The van der Waals surface area contributed by atoms with Crippen molar-refractivity contribution in [3.8, 4) is 0 Å². The lowest BCUT2D eigenvalue weighted by Gasteiger charge is -2.26. The van der Waals surface area contributed by atoms with Crippen LogP contribution in [-0.2, 0) is 4.79 Å². The van der Waals surface area contributed by atoms with Gasteiger partial charge in [0.2, 0.25) is 5.91 Å². The van der Waals surface area contributed by atoms with Crippen LogP contribution in [0.5, 0.6) is 0 Å². The lowest BCUT2D eigenvalue weighted by atomic mass is 10.1. The van der Waals surface area contributed by atoms with Gasteiger partial charge in [-0.2, -0.15) is 0 Å². The van der Waals surface area contributed by atoms with Crippen molar-refractivity contribution in [2.24, 2.45) is 5.92 Å². The molecule has 2 aliphatic heterocycles. The van der Waals surface area contributed by atoms with Gasteiger partial charge in [0.15, 0.2) is 0 Å². The summed E-state index contributed by atoms with van der Waals surface area (Å²) in [5.74, 6) is 0.892. The molecule has 1 N–H and O–H groups in total. The molecule has 3 heterocycles. The minimum absolute atomic E-state index is 0.0171. The number of amides is 1. The quantitative estimate of drug-likeness (QED) is 0.926. The second-order valence-corrected chi connectivity index (χ2v) is 7.71. The van der Waals surface area contributed by atoms with Crippen molar-refractivity contribution in [2.75, 3.05) is 26.7 Å². The number of carbonyl (C=O) groups is 1. The van der Waals surface area contributed by atoms with E-state index in [1.54, 1.807) is 11.3 Å². The average Bonchev–Trinajstić information content (AvgIpc) is 3.13. The topological polar surface area (TPSA) is 35.6 Å². The summed E-state index contributed by atoms with van der Waals surface area (Å²) in [5, 5.41) is 3.53. The molecule has 0 aromatic carbocycles. The largest absolute Gasteiger partial charge is 0.320 e.